The van der Waals surface area contributed by atoms with Gasteiger partial charge >= 0.3 is 0 Å². The summed E-state index contributed by atoms with van der Waals surface area (Å²) in [5, 5.41) is 10.7. The Morgan fingerprint density at radius 2 is 2.20 bits per heavy atom. The van der Waals surface area contributed by atoms with Crippen molar-refractivity contribution in [1.82, 2.24) is 0 Å². The van der Waals surface area contributed by atoms with Crippen LogP contribution in [0.1, 0.15) is 32.6 Å². The van der Waals surface area contributed by atoms with Gasteiger partial charge in [0.05, 0.1) is 6.61 Å². The van der Waals surface area contributed by atoms with Crippen molar-refractivity contribution >= 4 is 0 Å². The standard InChI is InChI=1S/C13H20O2/c1-9-5-6-10-3-2-4-11-7-8-15-13(9,14)12(10)11/h2,4,9-12,14H,3,5-8H2,1H3/t9-,10+,11-,12+,13-/m0/s1. The Kier molecular flexibility index (Phi) is 2.18. The minimum absolute atomic E-state index is 0.299. The number of aliphatic hydroxyl groups is 1. The molecule has 0 aromatic carbocycles. The van der Waals surface area contributed by atoms with Gasteiger partial charge in [0.1, 0.15) is 0 Å². The van der Waals surface area contributed by atoms with Crippen LogP contribution in [0.2, 0.25) is 0 Å². The fourth-order valence-electron chi connectivity index (χ4n) is 3.86. The van der Waals surface area contributed by atoms with E-state index in [1.54, 1.807) is 0 Å². The fourth-order valence-corrected chi connectivity index (χ4v) is 3.86. The molecule has 0 spiro atoms. The van der Waals surface area contributed by atoms with Crippen LogP contribution in [-0.2, 0) is 4.74 Å². The molecule has 15 heavy (non-hydrogen) atoms. The van der Waals surface area contributed by atoms with E-state index in [4.69, 9.17) is 4.74 Å². The summed E-state index contributed by atoms with van der Waals surface area (Å²) in [4.78, 5) is 0. The zero-order valence-electron chi connectivity index (χ0n) is 9.36. The van der Waals surface area contributed by atoms with Gasteiger partial charge in [-0.1, -0.05) is 19.1 Å². The molecule has 5 atom stereocenters. The number of hydrogen-bond acceptors (Lipinski definition) is 2. The summed E-state index contributed by atoms with van der Waals surface area (Å²) in [6, 6.07) is 0. The van der Waals surface area contributed by atoms with Gasteiger partial charge in [-0.05, 0) is 37.5 Å². The Balaban J connectivity index is 1.98. The largest absolute Gasteiger partial charge is 0.365 e. The number of ether oxygens (including phenoxy) is 1. The van der Waals surface area contributed by atoms with Crippen LogP contribution < -0.4 is 0 Å². The van der Waals surface area contributed by atoms with E-state index in [9.17, 15) is 5.11 Å². The Hall–Kier alpha value is -0.340. The van der Waals surface area contributed by atoms with Crippen molar-refractivity contribution in [2.75, 3.05) is 6.61 Å². The molecule has 0 unspecified atom stereocenters. The SMILES string of the molecule is C[C@H]1CC[C@H]2CC=C[C@H]3CCO[C@]1(O)[C@H]23. The zero-order chi connectivity index (χ0) is 10.5. The smallest absolute Gasteiger partial charge is 0.171 e. The number of rotatable bonds is 0. The van der Waals surface area contributed by atoms with Crippen molar-refractivity contribution in [3.8, 4) is 0 Å². The fraction of sp³-hybridized carbons (Fsp3) is 0.846. The Bertz CT molecular complexity index is 286. The lowest BCUT2D eigenvalue weighted by molar-refractivity contribution is -0.316. The Morgan fingerprint density at radius 3 is 3.07 bits per heavy atom. The molecule has 2 nitrogen and oxygen atoms in total. The minimum atomic E-state index is -0.823. The molecule has 0 bridgehead atoms. The summed E-state index contributed by atoms with van der Waals surface area (Å²) in [7, 11) is 0. The molecule has 1 saturated carbocycles. The average molecular weight is 208 g/mol. The molecule has 2 fully saturated rings. The highest BCUT2D eigenvalue weighted by atomic mass is 16.6. The van der Waals surface area contributed by atoms with Gasteiger partial charge < -0.3 is 9.84 Å². The first-order valence-electron chi connectivity index (χ1n) is 6.25. The number of allylic oxidation sites excluding steroid dienone is 2. The Labute approximate surface area is 91.3 Å². The molecule has 1 saturated heterocycles. The molecule has 0 radical (unpaired) electrons. The molecule has 1 N–H and O–H groups in total. The molecular weight excluding hydrogens is 188 g/mol. The maximum atomic E-state index is 10.7. The molecular formula is C13H20O2. The third-order valence-corrected chi connectivity index (χ3v) is 4.73. The van der Waals surface area contributed by atoms with Crippen molar-refractivity contribution in [1.29, 1.82) is 0 Å². The monoisotopic (exact) mass is 208 g/mol. The highest BCUT2D eigenvalue weighted by molar-refractivity contribution is 5.09. The normalized spacial score (nSPS) is 53.7. The molecule has 2 aliphatic carbocycles. The quantitative estimate of drug-likeness (QED) is 0.619. The van der Waals surface area contributed by atoms with Gasteiger partial charge in [0.2, 0.25) is 0 Å². The first kappa shape index (κ1) is 9.86. The molecule has 1 aliphatic heterocycles. The molecule has 0 amide bonds. The molecule has 0 aromatic heterocycles. The lowest BCUT2D eigenvalue weighted by atomic mass is 9.60. The van der Waals surface area contributed by atoms with Crippen LogP contribution in [0.5, 0.6) is 0 Å². The summed E-state index contributed by atoms with van der Waals surface area (Å²) < 4.78 is 5.74. The lowest BCUT2D eigenvalue weighted by Gasteiger charge is -2.54. The van der Waals surface area contributed by atoms with Gasteiger partial charge in [-0.2, -0.15) is 0 Å². The Morgan fingerprint density at radius 1 is 1.33 bits per heavy atom. The second-order valence-electron chi connectivity index (χ2n) is 5.48. The van der Waals surface area contributed by atoms with E-state index >= 15 is 0 Å². The third-order valence-electron chi connectivity index (χ3n) is 4.73. The van der Waals surface area contributed by atoms with Gasteiger partial charge in [0.25, 0.3) is 0 Å². The molecule has 2 heteroatoms. The van der Waals surface area contributed by atoms with Crippen LogP contribution in [0.4, 0.5) is 0 Å². The molecule has 3 aliphatic rings. The van der Waals surface area contributed by atoms with Crippen molar-refractivity contribution in [3.05, 3.63) is 12.2 Å². The van der Waals surface area contributed by atoms with Crippen molar-refractivity contribution in [3.63, 3.8) is 0 Å². The van der Waals surface area contributed by atoms with Crippen molar-refractivity contribution in [2.24, 2.45) is 23.7 Å². The van der Waals surface area contributed by atoms with Crippen LogP contribution in [0.15, 0.2) is 12.2 Å². The van der Waals surface area contributed by atoms with Crippen LogP contribution in [-0.4, -0.2) is 17.5 Å². The van der Waals surface area contributed by atoms with E-state index in [0.29, 0.717) is 23.7 Å². The van der Waals surface area contributed by atoms with Crippen LogP contribution in [0.3, 0.4) is 0 Å². The summed E-state index contributed by atoms with van der Waals surface area (Å²) >= 11 is 0. The molecule has 0 aromatic rings. The minimum Gasteiger partial charge on any atom is -0.365 e. The summed E-state index contributed by atoms with van der Waals surface area (Å²) in [6.07, 6.45) is 9.23. The summed E-state index contributed by atoms with van der Waals surface area (Å²) in [5.41, 5.74) is 0. The summed E-state index contributed by atoms with van der Waals surface area (Å²) in [5.74, 6) is 1.05. The van der Waals surface area contributed by atoms with Crippen molar-refractivity contribution < 1.29 is 9.84 Å². The lowest BCUT2D eigenvalue weighted by Crippen LogP contribution is -2.58. The van der Waals surface area contributed by atoms with Gasteiger partial charge in [0, 0.05) is 11.8 Å². The van der Waals surface area contributed by atoms with E-state index in [1.165, 1.54) is 6.42 Å². The van der Waals surface area contributed by atoms with Crippen molar-refractivity contribution in [2.45, 2.75) is 38.4 Å². The first-order valence-corrected chi connectivity index (χ1v) is 6.25. The van der Waals surface area contributed by atoms with E-state index in [1.807, 2.05) is 0 Å². The first-order chi connectivity index (χ1) is 7.22. The van der Waals surface area contributed by atoms with Gasteiger partial charge in [-0.25, -0.2) is 0 Å². The van der Waals surface area contributed by atoms with Crippen LogP contribution >= 0.6 is 0 Å². The predicted octanol–water partition coefficient (Wildman–Crippen LogP) is 2.33. The van der Waals surface area contributed by atoms with Crippen LogP contribution in [0, 0.1) is 23.7 Å². The maximum absolute atomic E-state index is 10.7. The van der Waals surface area contributed by atoms with Gasteiger partial charge in [-0.3, -0.25) is 0 Å². The highest BCUT2D eigenvalue weighted by Crippen LogP contribution is 2.52. The van der Waals surface area contributed by atoms with Gasteiger partial charge in [-0.15, -0.1) is 0 Å². The van der Waals surface area contributed by atoms with E-state index in [-0.39, 0.29) is 0 Å². The van der Waals surface area contributed by atoms with E-state index < -0.39 is 5.79 Å². The second kappa shape index (κ2) is 3.33. The average Bonchev–Trinajstić information content (AvgIpc) is 2.24. The molecule has 3 rings (SSSR count). The van der Waals surface area contributed by atoms with Gasteiger partial charge in [0.15, 0.2) is 5.79 Å². The van der Waals surface area contributed by atoms with Crippen LogP contribution in [0.25, 0.3) is 0 Å². The topological polar surface area (TPSA) is 29.5 Å². The third kappa shape index (κ3) is 1.31. The highest BCUT2D eigenvalue weighted by Gasteiger charge is 2.54. The predicted molar refractivity (Wildman–Crippen MR) is 58.1 cm³/mol. The maximum Gasteiger partial charge on any atom is 0.171 e. The molecule has 84 valence electrons. The van der Waals surface area contributed by atoms with E-state index in [2.05, 4.69) is 19.1 Å². The number of hydrogen-bond donors (Lipinski definition) is 1. The zero-order valence-corrected chi connectivity index (χ0v) is 9.36. The van der Waals surface area contributed by atoms with E-state index in [0.717, 1.165) is 25.9 Å². The second-order valence-corrected chi connectivity index (χ2v) is 5.48. The molecule has 1 heterocycles. The summed E-state index contributed by atoms with van der Waals surface area (Å²) in [6.45, 7) is 2.86.